The standard InChI is InChI=1S/C18H25NO2/c1-4-18(2,3)16(20)17(21)19-12-8-11-15(19)13-14-9-6-5-7-10-14/h5-7,9-10,15H,4,8,11-13H2,1-3H3. The van der Waals surface area contributed by atoms with Crippen molar-refractivity contribution in [2.24, 2.45) is 5.41 Å². The average Bonchev–Trinajstić information content (AvgIpc) is 2.94. The molecule has 1 saturated heterocycles. The van der Waals surface area contributed by atoms with E-state index in [0.29, 0.717) is 13.0 Å². The van der Waals surface area contributed by atoms with E-state index in [1.54, 1.807) is 4.90 Å². The van der Waals surface area contributed by atoms with Crippen molar-refractivity contribution in [3.8, 4) is 0 Å². The molecule has 1 aliphatic heterocycles. The van der Waals surface area contributed by atoms with E-state index < -0.39 is 5.41 Å². The maximum Gasteiger partial charge on any atom is 0.290 e. The lowest BCUT2D eigenvalue weighted by Gasteiger charge is -2.28. The predicted octanol–water partition coefficient (Wildman–Crippen LogP) is 3.23. The molecule has 1 aromatic carbocycles. The molecule has 2 rings (SSSR count). The third kappa shape index (κ3) is 3.52. The van der Waals surface area contributed by atoms with E-state index in [-0.39, 0.29) is 17.7 Å². The van der Waals surface area contributed by atoms with Crippen LogP contribution < -0.4 is 0 Å². The van der Waals surface area contributed by atoms with Crippen molar-refractivity contribution in [3.05, 3.63) is 35.9 Å². The Kier molecular flexibility index (Phi) is 4.81. The summed E-state index contributed by atoms with van der Waals surface area (Å²) in [4.78, 5) is 26.7. The predicted molar refractivity (Wildman–Crippen MR) is 84.0 cm³/mol. The number of likely N-dealkylation sites (tertiary alicyclic amines) is 1. The Morgan fingerprint density at radius 3 is 2.52 bits per heavy atom. The molecular formula is C18H25NO2. The lowest BCUT2D eigenvalue weighted by atomic mass is 9.84. The second-order valence-corrected chi connectivity index (χ2v) is 6.55. The van der Waals surface area contributed by atoms with Crippen LogP contribution in [0.3, 0.4) is 0 Å². The number of rotatable bonds is 5. The summed E-state index contributed by atoms with van der Waals surface area (Å²) in [6, 6.07) is 10.4. The minimum Gasteiger partial charge on any atom is -0.333 e. The molecule has 0 bridgehead atoms. The minimum absolute atomic E-state index is 0.163. The average molecular weight is 287 g/mol. The molecule has 0 saturated carbocycles. The maximum absolute atomic E-state index is 12.5. The SMILES string of the molecule is CCC(C)(C)C(=O)C(=O)N1CCCC1Cc1ccccc1. The highest BCUT2D eigenvalue weighted by Crippen LogP contribution is 2.26. The Morgan fingerprint density at radius 1 is 1.24 bits per heavy atom. The van der Waals surface area contributed by atoms with E-state index in [1.165, 1.54) is 5.56 Å². The monoisotopic (exact) mass is 287 g/mol. The van der Waals surface area contributed by atoms with Crippen molar-refractivity contribution in [1.29, 1.82) is 0 Å². The van der Waals surface area contributed by atoms with Crippen LogP contribution in [0.2, 0.25) is 0 Å². The molecule has 0 N–H and O–H groups in total. The van der Waals surface area contributed by atoms with E-state index >= 15 is 0 Å². The fraction of sp³-hybridized carbons (Fsp3) is 0.556. The summed E-state index contributed by atoms with van der Waals surface area (Å²) >= 11 is 0. The Bertz CT molecular complexity index is 507. The van der Waals surface area contributed by atoms with Crippen LogP contribution in [0.4, 0.5) is 0 Å². The second-order valence-electron chi connectivity index (χ2n) is 6.55. The van der Waals surface area contributed by atoms with E-state index in [9.17, 15) is 9.59 Å². The van der Waals surface area contributed by atoms with Gasteiger partial charge in [-0.25, -0.2) is 0 Å². The van der Waals surface area contributed by atoms with Gasteiger partial charge in [0.05, 0.1) is 0 Å². The molecule has 0 radical (unpaired) electrons. The lowest BCUT2D eigenvalue weighted by molar-refractivity contribution is -0.149. The fourth-order valence-electron chi connectivity index (χ4n) is 2.78. The molecule has 21 heavy (non-hydrogen) atoms. The van der Waals surface area contributed by atoms with Crippen molar-refractivity contribution in [2.45, 2.75) is 52.5 Å². The first-order valence-corrected chi connectivity index (χ1v) is 7.85. The number of amides is 1. The van der Waals surface area contributed by atoms with Gasteiger partial charge < -0.3 is 4.90 Å². The highest BCUT2D eigenvalue weighted by Gasteiger charge is 2.38. The molecule has 0 aliphatic carbocycles. The molecule has 1 aromatic rings. The minimum atomic E-state index is -0.559. The summed E-state index contributed by atoms with van der Waals surface area (Å²) in [5, 5.41) is 0. The number of Topliss-reactive ketones (excluding diaryl/α,β-unsaturated/α-hetero) is 1. The van der Waals surface area contributed by atoms with E-state index in [1.807, 2.05) is 39.0 Å². The van der Waals surface area contributed by atoms with Crippen molar-refractivity contribution < 1.29 is 9.59 Å². The molecule has 0 spiro atoms. The van der Waals surface area contributed by atoms with Gasteiger partial charge in [0.2, 0.25) is 5.78 Å². The molecule has 114 valence electrons. The molecule has 3 nitrogen and oxygen atoms in total. The van der Waals surface area contributed by atoms with Crippen LogP contribution in [0.5, 0.6) is 0 Å². The summed E-state index contributed by atoms with van der Waals surface area (Å²) < 4.78 is 0. The zero-order valence-corrected chi connectivity index (χ0v) is 13.3. The Balaban J connectivity index is 2.08. The first-order chi connectivity index (χ1) is 9.95. The Labute approximate surface area is 127 Å². The Morgan fingerprint density at radius 2 is 1.90 bits per heavy atom. The first kappa shape index (κ1) is 15.7. The summed E-state index contributed by atoms with van der Waals surface area (Å²) in [7, 11) is 0. The molecular weight excluding hydrogens is 262 g/mol. The van der Waals surface area contributed by atoms with Crippen molar-refractivity contribution >= 4 is 11.7 Å². The fourth-order valence-corrected chi connectivity index (χ4v) is 2.78. The van der Waals surface area contributed by atoms with Crippen LogP contribution in [-0.4, -0.2) is 29.2 Å². The van der Waals surface area contributed by atoms with Gasteiger partial charge in [-0.05, 0) is 31.2 Å². The second kappa shape index (κ2) is 6.42. The number of carbonyl (C=O) groups excluding carboxylic acids is 2. The maximum atomic E-state index is 12.5. The summed E-state index contributed by atoms with van der Waals surface area (Å²) in [6.07, 6.45) is 3.50. The number of carbonyl (C=O) groups is 2. The molecule has 1 atom stereocenters. The van der Waals surface area contributed by atoms with Gasteiger partial charge >= 0.3 is 0 Å². The highest BCUT2D eigenvalue weighted by molar-refractivity contribution is 6.38. The quantitative estimate of drug-likeness (QED) is 0.780. The molecule has 0 aromatic heterocycles. The van der Waals surface area contributed by atoms with Gasteiger partial charge in [0.15, 0.2) is 0 Å². The van der Waals surface area contributed by atoms with Crippen LogP contribution in [0, 0.1) is 5.41 Å². The lowest BCUT2D eigenvalue weighted by Crippen LogP contribution is -2.45. The van der Waals surface area contributed by atoms with E-state index in [2.05, 4.69) is 12.1 Å². The molecule has 1 fully saturated rings. The van der Waals surface area contributed by atoms with Crippen molar-refractivity contribution in [3.63, 3.8) is 0 Å². The number of ketones is 1. The highest BCUT2D eigenvalue weighted by atomic mass is 16.2. The van der Waals surface area contributed by atoms with Crippen LogP contribution >= 0.6 is 0 Å². The van der Waals surface area contributed by atoms with Gasteiger partial charge in [0.25, 0.3) is 5.91 Å². The molecule has 1 amide bonds. The van der Waals surface area contributed by atoms with Crippen LogP contribution in [0.25, 0.3) is 0 Å². The zero-order chi connectivity index (χ0) is 15.5. The van der Waals surface area contributed by atoms with E-state index in [4.69, 9.17) is 0 Å². The van der Waals surface area contributed by atoms with Crippen molar-refractivity contribution in [2.75, 3.05) is 6.54 Å². The largest absolute Gasteiger partial charge is 0.333 e. The van der Waals surface area contributed by atoms with Crippen LogP contribution in [0.15, 0.2) is 30.3 Å². The summed E-state index contributed by atoms with van der Waals surface area (Å²) in [5.41, 5.74) is 0.668. The number of hydrogen-bond donors (Lipinski definition) is 0. The number of benzene rings is 1. The van der Waals surface area contributed by atoms with E-state index in [0.717, 1.165) is 19.3 Å². The summed E-state index contributed by atoms with van der Waals surface area (Å²) in [6.45, 7) is 6.38. The molecule has 3 heteroatoms. The van der Waals surface area contributed by atoms with Gasteiger partial charge in [0, 0.05) is 18.0 Å². The third-order valence-electron chi connectivity index (χ3n) is 4.64. The number of nitrogens with zero attached hydrogens (tertiary/aromatic N) is 1. The van der Waals surface area contributed by atoms with Gasteiger partial charge in [0.1, 0.15) is 0 Å². The molecule has 1 unspecified atom stereocenters. The smallest absolute Gasteiger partial charge is 0.290 e. The normalized spacial score (nSPS) is 18.8. The molecule has 1 heterocycles. The third-order valence-corrected chi connectivity index (χ3v) is 4.64. The van der Waals surface area contributed by atoms with Gasteiger partial charge in [-0.3, -0.25) is 9.59 Å². The van der Waals surface area contributed by atoms with Crippen LogP contribution in [-0.2, 0) is 16.0 Å². The van der Waals surface area contributed by atoms with Gasteiger partial charge in [-0.1, -0.05) is 51.1 Å². The van der Waals surface area contributed by atoms with Crippen molar-refractivity contribution in [1.82, 2.24) is 4.90 Å². The van der Waals surface area contributed by atoms with Gasteiger partial charge in [-0.15, -0.1) is 0 Å². The topological polar surface area (TPSA) is 37.4 Å². The van der Waals surface area contributed by atoms with Crippen LogP contribution in [0.1, 0.15) is 45.6 Å². The number of hydrogen-bond acceptors (Lipinski definition) is 2. The first-order valence-electron chi connectivity index (χ1n) is 7.85. The molecule has 1 aliphatic rings. The Hall–Kier alpha value is -1.64. The van der Waals surface area contributed by atoms with Gasteiger partial charge in [-0.2, -0.15) is 0 Å². The zero-order valence-electron chi connectivity index (χ0n) is 13.3. The summed E-state index contributed by atoms with van der Waals surface area (Å²) in [5.74, 6) is -0.537.